The van der Waals surface area contributed by atoms with Crippen LogP contribution in [0.1, 0.15) is 32.4 Å². The van der Waals surface area contributed by atoms with Gasteiger partial charge in [-0.05, 0) is 26.3 Å². The number of likely N-dealkylation sites (tertiary alicyclic amines) is 1. The van der Waals surface area contributed by atoms with Gasteiger partial charge in [-0.15, -0.1) is 0 Å². The Hall–Kier alpha value is -2.98. The molecule has 3 saturated heterocycles. The molecule has 3 aliphatic rings. The molecule has 0 aliphatic carbocycles. The van der Waals surface area contributed by atoms with Gasteiger partial charge < -0.3 is 23.7 Å². The molecule has 3 heterocycles. The third kappa shape index (κ3) is 3.17. The molecule has 0 spiro atoms. The summed E-state index contributed by atoms with van der Waals surface area (Å²) in [7, 11) is 0. The van der Waals surface area contributed by atoms with Crippen molar-refractivity contribution in [1.29, 1.82) is 0 Å². The molecule has 2 amide bonds. The lowest BCUT2D eigenvalue weighted by molar-refractivity contribution is -0.507. The Bertz CT molecular complexity index is 885. The van der Waals surface area contributed by atoms with E-state index in [1.807, 2.05) is 30.3 Å². The van der Waals surface area contributed by atoms with Gasteiger partial charge >= 0.3 is 12.1 Å². The number of esters is 1. The lowest BCUT2D eigenvalue weighted by Crippen LogP contribution is -2.83. The van der Waals surface area contributed by atoms with Crippen LogP contribution in [0.5, 0.6) is 0 Å². The molecule has 1 aromatic carbocycles. The molecule has 0 radical (unpaired) electrons. The minimum absolute atomic E-state index is 0.0621. The molecule has 1 unspecified atom stereocenters. The molecular formula is C21H24N2O8. The number of carbonyl (C=O) groups is 4. The Balaban J connectivity index is 1.63. The zero-order chi connectivity index (χ0) is 22.3. The summed E-state index contributed by atoms with van der Waals surface area (Å²) < 4.78 is 21.6. The molecular weight excluding hydrogens is 408 g/mol. The normalized spacial score (nSPS) is 33.3. The fourth-order valence-electron chi connectivity index (χ4n) is 4.37. The van der Waals surface area contributed by atoms with Crippen LogP contribution in [0, 0.1) is 5.92 Å². The number of nitrogens with zero attached hydrogens (tertiary/aromatic N) is 2. The maximum Gasteiger partial charge on any atom is 0.411 e. The smallest absolute Gasteiger partial charge is 0.411 e. The molecule has 3 fully saturated rings. The van der Waals surface area contributed by atoms with Gasteiger partial charge in [0, 0.05) is 0 Å². The minimum Gasteiger partial charge on any atom is -0.466 e. The molecule has 4 rings (SSSR count). The Morgan fingerprint density at radius 2 is 1.97 bits per heavy atom. The highest BCUT2D eigenvalue weighted by Gasteiger charge is 2.69. The van der Waals surface area contributed by atoms with Crippen LogP contribution in [0.2, 0.25) is 0 Å². The van der Waals surface area contributed by atoms with Crippen LogP contribution in [0.3, 0.4) is 0 Å². The van der Waals surface area contributed by atoms with Crippen LogP contribution >= 0.6 is 0 Å². The standard InChI is InChI=1S/C21H24N2O8/c1-4-28-19(26)12(2)21(30-13(3)31-21)23-15(10-24)17(18(23)25)22-16(11-29-20(22)27)14-8-6-5-7-9-14/h5-10,12-13,15-17H,4,11H2,1-3H3/t12?,13?,15-,16-,17+,21?/m1/s1. The number of ether oxygens (including phenoxy) is 4. The number of β-lactam (4-membered cyclic amide) rings is 1. The summed E-state index contributed by atoms with van der Waals surface area (Å²) in [5.74, 6) is -3.97. The largest absolute Gasteiger partial charge is 0.466 e. The predicted octanol–water partition coefficient (Wildman–Crippen LogP) is 1.20. The number of amides is 2. The van der Waals surface area contributed by atoms with Crippen molar-refractivity contribution < 1.29 is 38.1 Å². The van der Waals surface area contributed by atoms with E-state index in [0.29, 0.717) is 6.29 Å². The molecule has 0 bridgehead atoms. The first-order valence-electron chi connectivity index (χ1n) is 10.2. The van der Waals surface area contributed by atoms with Crippen molar-refractivity contribution >= 4 is 24.3 Å². The molecule has 0 N–H and O–H groups in total. The molecule has 0 saturated carbocycles. The highest BCUT2D eigenvalue weighted by atomic mass is 16.9. The van der Waals surface area contributed by atoms with Gasteiger partial charge in [-0.3, -0.25) is 19.4 Å². The van der Waals surface area contributed by atoms with Crippen LogP contribution in [-0.2, 0) is 33.3 Å². The fraction of sp³-hybridized carbons (Fsp3) is 0.524. The lowest BCUT2D eigenvalue weighted by atomic mass is 9.88. The Morgan fingerprint density at radius 3 is 2.55 bits per heavy atom. The summed E-state index contributed by atoms with van der Waals surface area (Å²) in [5.41, 5.74) is 0.781. The number of cyclic esters (lactones) is 1. The fourth-order valence-corrected chi connectivity index (χ4v) is 4.37. The van der Waals surface area contributed by atoms with Gasteiger partial charge in [0.15, 0.2) is 6.29 Å². The molecule has 166 valence electrons. The van der Waals surface area contributed by atoms with Gasteiger partial charge in [-0.1, -0.05) is 30.3 Å². The van der Waals surface area contributed by atoms with Crippen molar-refractivity contribution in [2.24, 2.45) is 5.92 Å². The number of hydrogen-bond donors (Lipinski definition) is 0. The molecule has 4 atom stereocenters. The van der Waals surface area contributed by atoms with E-state index in [1.54, 1.807) is 13.8 Å². The quantitative estimate of drug-likeness (QED) is 0.359. The second kappa shape index (κ2) is 7.93. The molecule has 31 heavy (non-hydrogen) atoms. The average Bonchev–Trinajstić information content (AvgIpc) is 3.11. The second-order valence-electron chi connectivity index (χ2n) is 7.60. The van der Waals surface area contributed by atoms with Crippen molar-refractivity contribution in [3.05, 3.63) is 35.9 Å². The minimum atomic E-state index is -1.77. The number of aldehydes is 1. The second-order valence-corrected chi connectivity index (χ2v) is 7.60. The van der Waals surface area contributed by atoms with Gasteiger partial charge in [-0.25, -0.2) is 4.79 Å². The van der Waals surface area contributed by atoms with Crippen LogP contribution in [0.25, 0.3) is 0 Å². The van der Waals surface area contributed by atoms with E-state index in [4.69, 9.17) is 18.9 Å². The lowest BCUT2D eigenvalue weighted by Gasteiger charge is -2.61. The van der Waals surface area contributed by atoms with E-state index in [9.17, 15) is 19.2 Å². The van der Waals surface area contributed by atoms with Crippen LogP contribution in [-0.4, -0.2) is 71.6 Å². The molecule has 3 aliphatic heterocycles. The summed E-state index contributed by atoms with van der Waals surface area (Å²) >= 11 is 0. The van der Waals surface area contributed by atoms with Crippen molar-refractivity contribution in [3.63, 3.8) is 0 Å². The monoisotopic (exact) mass is 432 g/mol. The number of benzene rings is 1. The van der Waals surface area contributed by atoms with Crippen molar-refractivity contribution in [1.82, 2.24) is 9.80 Å². The highest BCUT2D eigenvalue weighted by molar-refractivity contribution is 5.99. The zero-order valence-corrected chi connectivity index (χ0v) is 17.4. The number of rotatable bonds is 7. The van der Waals surface area contributed by atoms with E-state index in [1.165, 1.54) is 11.8 Å². The summed E-state index contributed by atoms with van der Waals surface area (Å²) in [6.45, 7) is 4.97. The predicted molar refractivity (Wildman–Crippen MR) is 103 cm³/mol. The van der Waals surface area contributed by atoms with Gasteiger partial charge in [0.25, 0.3) is 11.8 Å². The van der Waals surface area contributed by atoms with Crippen molar-refractivity contribution in [2.45, 2.75) is 51.1 Å². The van der Waals surface area contributed by atoms with Gasteiger partial charge in [0.05, 0.1) is 12.6 Å². The van der Waals surface area contributed by atoms with Crippen LogP contribution in [0.4, 0.5) is 4.79 Å². The summed E-state index contributed by atoms with van der Waals surface area (Å²) in [6.07, 6.45) is -0.811. The third-order valence-corrected chi connectivity index (χ3v) is 5.84. The zero-order valence-electron chi connectivity index (χ0n) is 17.4. The Morgan fingerprint density at radius 1 is 1.29 bits per heavy atom. The van der Waals surface area contributed by atoms with E-state index < -0.39 is 54.2 Å². The summed E-state index contributed by atoms with van der Waals surface area (Å²) in [5, 5.41) is 0. The first-order valence-corrected chi connectivity index (χ1v) is 10.2. The van der Waals surface area contributed by atoms with Crippen molar-refractivity contribution in [3.8, 4) is 0 Å². The first-order chi connectivity index (χ1) is 14.9. The van der Waals surface area contributed by atoms with E-state index >= 15 is 0 Å². The third-order valence-electron chi connectivity index (χ3n) is 5.84. The van der Waals surface area contributed by atoms with Crippen LogP contribution < -0.4 is 0 Å². The number of hydrogen-bond acceptors (Lipinski definition) is 8. The van der Waals surface area contributed by atoms with Gasteiger partial charge in [0.2, 0.25) is 0 Å². The highest BCUT2D eigenvalue weighted by Crippen LogP contribution is 2.47. The average molecular weight is 432 g/mol. The molecule has 10 heteroatoms. The topological polar surface area (TPSA) is 112 Å². The Labute approximate surface area is 179 Å². The Kier molecular flexibility index (Phi) is 5.44. The van der Waals surface area contributed by atoms with E-state index in [2.05, 4.69) is 0 Å². The summed E-state index contributed by atoms with van der Waals surface area (Å²) in [4.78, 5) is 52.6. The SMILES string of the molecule is CCOC(=O)C(C)C1(N2C(=O)[C@@H](N3C(=O)OC[C@@H]3c3ccccc3)[C@H]2C=O)OC(C)O1. The van der Waals surface area contributed by atoms with Gasteiger partial charge in [0.1, 0.15) is 30.9 Å². The van der Waals surface area contributed by atoms with E-state index in [0.717, 1.165) is 10.5 Å². The maximum atomic E-state index is 13.3. The van der Waals surface area contributed by atoms with Crippen molar-refractivity contribution in [2.75, 3.05) is 13.2 Å². The van der Waals surface area contributed by atoms with Crippen LogP contribution in [0.15, 0.2) is 30.3 Å². The number of carbonyl (C=O) groups excluding carboxylic acids is 4. The first kappa shape index (κ1) is 21.3. The maximum absolute atomic E-state index is 13.3. The summed E-state index contributed by atoms with van der Waals surface area (Å²) in [6, 6.07) is 6.42. The molecule has 10 nitrogen and oxygen atoms in total. The van der Waals surface area contributed by atoms with Gasteiger partial charge in [-0.2, -0.15) is 0 Å². The molecule has 0 aromatic heterocycles. The molecule has 1 aromatic rings. The van der Waals surface area contributed by atoms with E-state index in [-0.39, 0.29) is 13.2 Å².